The molecule has 0 aliphatic rings. The maximum Gasteiger partial charge on any atom is 0.0832 e. The quantitative estimate of drug-likeness (QED) is 0.155. The van der Waals surface area contributed by atoms with Crippen molar-refractivity contribution in [1.82, 2.24) is 0 Å². The van der Waals surface area contributed by atoms with Crippen LogP contribution in [0.25, 0.3) is 0 Å². The molecule has 0 rings (SSSR count). The molecule has 1 nitrogen and oxygen atoms in total. The van der Waals surface area contributed by atoms with Crippen LogP contribution in [0.4, 0.5) is 0 Å². The first-order valence-corrected chi connectivity index (χ1v) is 17.4. The number of hydrogen-bond donors (Lipinski definition) is 0. The maximum absolute atomic E-state index is 8.46. The van der Waals surface area contributed by atoms with Gasteiger partial charge in [0, 0.05) is 10.8 Å². The summed E-state index contributed by atoms with van der Waals surface area (Å²) < 4.78 is 8.46. The molecule has 0 fully saturated rings. The molecule has 2 atom stereocenters. The van der Waals surface area contributed by atoms with E-state index in [2.05, 4.69) is 132 Å². The van der Waals surface area contributed by atoms with Gasteiger partial charge in [-0.3, -0.25) is 0 Å². The van der Waals surface area contributed by atoms with Gasteiger partial charge >= 0.3 is 0 Å². The molecule has 0 heterocycles. The molecular formula is C38H78O. The van der Waals surface area contributed by atoms with Gasteiger partial charge in [-0.2, -0.15) is 0 Å². The minimum atomic E-state index is -0.262. The van der Waals surface area contributed by atoms with E-state index < -0.39 is 0 Å². The van der Waals surface area contributed by atoms with Gasteiger partial charge in [0.05, 0.1) is 11.2 Å². The molecule has 0 spiro atoms. The molecule has 0 aromatic carbocycles. The predicted molar refractivity (Wildman–Crippen MR) is 178 cm³/mol. The Kier molecular flexibility index (Phi) is 15.4. The molecule has 0 N–H and O–H groups in total. The second-order valence-corrected chi connectivity index (χ2v) is 16.9. The summed E-state index contributed by atoms with van der Waals surface area (Å²) in [6.45, 7) is 47.2. The first-order valence-electron chi connectivity index (χ1n) is 17.4. The zero-order valence-electron chi connectivity index (χ0n) is 30.8. The summed E-state index contributed by atoms with van der Waals surface area (Å²) in [6, 6.07) is 0. The van der Waals surface area contributed by atoms with Crippen molar-refractivity contribution in [2.45, 2.75) is 181 Å². The molecule has 236 valence electrons. The van der Waals surface area contributed by atoms with Crippen molar-refractivity contribution < 1.29 is 4.74 Å². The first kappa shape index (κ1) is 39.0. The Balaban J connectivity index is 8.50. The van der Waals surface area contributed by atoms with Crippen LogP contribution in [0.15, 0.2) is 0 Å². The lowest BCUT2D eigenvalue weighted by Gasteiger charge is -2.70. The standard InChI is InChI=1S/C38H78O/c1-20-34(21-2)35(19,22-26(3)4)39-38(33(17)18,37(30(11)12,31(13)14)32(15)16)36(23-27(5)6,24-28(7)8)25-29(9)10/h26-34H,20-25H2,1-19H3. The topological polar surface area (TPSA) is 9.23 Å². The summed E-state index contributed by atoms with van der Waals surface area (Å²) in [5.41, 5.74) is -0.311. The Labute approximate surface area is 249 Å². The van der Waals surface area contributed by atoms with Crippen LogP contribution in [0.2, 0.25) is 0 Å². The lowest BCUT2D eigenvalue weighted by Crippen LogP contribution is -2.72. The average molecular weight is 551 g/mol. The van der Waals surface area contributed by atoms with E-state index in [-0.39, 0.29) is 22.0 Å². The molecule has 0 aromatic rings. The van der Waals surface area contributed by atoms with Crippen molar-refractivity contribution in [1.29, 1.82) is 0 Å². The summed E-state index contributed by atoms with van der Waals surface area (Å²) in [5.74, 6) is 4.96. The van der Waals surface area contributed by atoms with Gasteiger partial charge in [0.2, 0.25) is 0 Å². The maximum atomic E-state index is 8.46. The van der Waals surface area contributed by atoms with Crippen molar-refractivity contribution in [3.05, 3.63) is 0 Å². The van der Waals surface area contributed by atoms with Crippen LogP contribution in [0, 0.1) is 64.1 Å². The monoisotopic (exact) mass is 551 g/mol. The summed E-state index contributed by atoms with van der Waals surface area (Å²) in [4.78, 5) is 0. The van der Waals surface area contributed by atoms with Crippen LogP contribution in [0.1, 0.15) is 170 Å². The van der Waals surface area contributed by atoms with Crippen LogP contribution in [0.3, 0.4) is 0 Å². The Morgan fingerprint density at radius 3 is 0.974 bits per heavy atom. The zero-order valence-corrected chi connectivity index (χ0v) is 30.8. The lowest BCUT2D eigenvalue weighted by molar-refractivity contribution is -0.336. The fraction of sp³-hybridized carbons (Fsp3) is 1.00. The Morgan fingerprint density at radius 1 is 0.462 bits per heavy atom. The molecule has 1 heteroatoms. The van der Waals surface area contributed by atoms with Crippen LogP contribution in [0.5, 0.6) is 0 Å². The van der Waals surface area contributed by atoms with E-state index in [0.29, 0.717) is 53.3 Å². The average Bonchev–Trinajstić information content (AvgIpc) is 2.70. The van der Waals surface area contributed by atoms with Crippen molar-refractivity contribution in [3.63, 3.8) is 0 Å². The second-order valence-electron chi connectivity index (χ2n) is 16.9. The predicted octanol–water partition coefficient (Wildman–Crippen LogP) is 12.7. The third kappa shape index (κ3) is 8.08. The third-order valence-electron chi connectivity index (χ3n) is 10.6. The van der Waals surface area contributed by atoms with Gasteiger partial charge in [0.1, 0.15) is 0 Å². The summed E-state index contributed by atoms with van der Waals surface area (Å²) in [7, 11) is 0. The Hall–Kier alpha value is -0.0400. The highest BCUT2D eigenvalue weighted by Crippen LogP contribution is 2.68. The molecule has 0 saturated heterocycles. The molecule has 0 amide bonds. The van der Waals surface area contributed by atoms with Gasteiger partial charge in [-0.05, 0) is 85.9 Å². The van der Waals surface area contributed by atoms with Gasteiger partial charge in [-0.1, -0.05) is 137 Å². The number of hydrogen-bond acceptors (Lipinski definition) is 1. The SMILES string of the molecule is CCC(CC)C(C)(CC(C)C)OC(C(C)C)(C(CC(C)C)(CC(C)C)CC(C)C)C(C(C)C)(C(C)C)C(C)C. The van der Waals surface area contributed by atoms with Crippen molar-refractivity contribution in [2.24, 2.45) is 64.1 Å². The van der Waals surface area contributed by atoms with E-state index in [9.17, 15) is 0 Å². The van der Waals surface area contributed by atoms with Crippen LogP contribution in [-0.2, 0) is 4.74 Å². The van der Waals surface area contributed by atoms with Gasteiger partial charge < -0.3 is 4.74 Å². The first-order chi connectivity index (χ1) is 17.7. The molecule has 0 aromatic heterocycles. The van der Waals surface area contributed by atoms with E-state index in [0.717, 1.165) is 6.42 Å². The summed E-state index contributed by atoms with van der Waals surface area (Å²) in [5, 5.41) is 0. The van der Waals surface area contributed by atoms with E-state index in [1.54, 1.807) is 0 Å². The van der Waals surface area contributed by atoms with Gasteiger partial charge in [0.25, 0.3) is 0 Å². The third-order valence-corrected chi connectivity index (χ3v) is 10.6. The van der Waals surface area contributed by atoms with E-state index in [1.807, 2.05) is 0 Å². The number of rotatable bonds is 19. The molecule has 2 unspecified atom stereocenters. The normalized spacial score (nSPS) is 17.2. The minimum Gasteiger partial charge on any atom is -0.367 e. The van der Waals surface area contributed by atoms with Gasteiger partial charge in [-0.25, -0.2) is 0 Å². The summed E-state index contributed by atoms with van der Waals surface area (Å²) in [6.07, 6.45) is 7.18. The molecule has 0 bridgehead atoms. The Bertz CT molecular complexity index is 614. The highest BCUT2D eigenvalue weighted by Gasteiger charge is 2.69. The van der Waals surface area contributed by atoms with Crippen LogP contribution >= 0.6 is 0 Å². The van der Waals surface area contributed by atoms with Crippen LogP contribution < -0.4 is 0 Å². The van der Waals surface area contributed by atoms with Crippen molar-refractivity contribution in [3.8, 4) is 0 Å². The highest BCUT2D eigenvalue weighted by atomic mass is 16.5. The minimum absolute atomic E-state index is 0.0319. The highest BCUT2D eigenvalue weighted by molar-refractivity contribution is 5.17. The molecule has 0 radical (unpaired) electrons. The van der Waals surface area contributed by atoms with Gasteiger partial charge in [0.15, 0.2) is 0 Å². The van der Waals surface area contributed by atoms with E-state index >= 15 is 0 Å². The Morgan fingerprint density at radius 2 is 0.769 bits per heavy atom. The van der Waals surface area contributed by atoms with E-state index in [1.165, 1.54) is 32.1 Å². The summed E-state index contributed by atoms with van der Waals surface area (Å²) >= 11 is 0. The molecule has 39 heavy (non-hydrogen) atoms. The second kappa shape index (κ2) is 15.4. The molecule has 0 aliphatic carbocycles. The van der Waals surface area contributed by atoms with Crippen molar-refractivity contribution >= 4 is 0 Å². The van der Waals surface area contributed by atoms with Crippen molar-refractivity contribution in [2.75, 3.05) is 0 Å². The smallest absolute Gasteiger partial charge is 0.0832 e. The lowest BCUT2D eigenvalue weighted by atomic mass is 9.41. The van der Waals surface area contributed by atoms with E-state index in [4.69, 9.17) is 4.74 Å². The van der Waals surface area contributed by atoms with Crippen LogP contribution in [-0.4, -0.2) is 11.2 Å². The van der Waals surface area contributed by atoms with Gasteiger partial charge in [-0.15, -0.1) is 0 Å². The zero-order chi connectivity index (χ0) is 31.1. The fourth-order valence-electron chi connectivity index (χ4n) is 10.8. The largest absolute Gasteiger partial charge is 0.367 e. The molecule has 0 saturated carbocycles. The fourth-order valence-corrected chi connectivity index (χ4v) is 10.8. The molecule has 0 aliphatic heterocycles. The number of ether oxygens (including phenoxy) is 1. The molecular weight excluding hydrogens is 472 g/mol.